The van der Waals surface area contributed by atoms with E-state index in [-0.39, 0.29) is 22.9 Å². The number of nitrogens with zero attached hydrogens (tertiary/aromatic N) is 4. The van der Waals surface area contributed by atoms with Gasteiger partial charge in [0.05, 0.1) is 28.3 Å². The van der Waals surface area contributed by atoms with Gasteiger partial charge >= 0.3 is 0 Å². The maximum absolute atomic E-state index is 12.9. The fraction of sp³-hybridized carbons (Fsp3) is 0.410. The highest BCUT2D eigenvalue weighted by molar-refractivity contribution is 5.96. The van der Waals surface area contributed by atoms with Gasteiger partial charge in [-0.2, -0.15) is 0 Å². The van der Waals surface area contributed by atoms with Crippen LogP contribution >= 0.6 is 0 Å². The predicted molar refractivity (Wildman–Crippen MR) is 190 cm³/mol. The van der Waals surface area contributed by atoms with Crippen LogP contribution in [0.15, 0.2) is 101 Å². The van der Waals surface area contributed by atoms with Crippen LogP contribution in [-0.4, -0.2) is 65.5 Å². The molecule has 3 aromatic rings. The maximum Gasteiger partial charge on any atom is 0.269 e. The molecule has 1 N–H and O–H groups in total. The molecule has 0 aromatic heterocycles. The molecule has 9 nitrogen and oxygen atoms in total. The van der Waals surface area contributed by atoms with Crippen LogP contribution in [0.2, 0.25) is 0 Å². The summed E-state index contributed by atoms with van der Waals surface area (Å²) in [4.78, 5) is 45.2. The summed E-state index contributed by atoms with van der Waals surface area (Å²) in [7, 11) is 0. The normalized spacial score (nSPS) is 19.6. The van der Waals surface area contributed by atoms with Crippen LogP contribution in [0.1, 0.15) is 69.6 Å². The first-order valence-corrected chi connectivity index (χ1v) is 17.0. The highest BCUT2D eigenvalue weighted by Gasteiger charge is 2.41. The Morgan fingerprint density at radius 2 is 1.50 bits per heavy atom. The Morgan fingerprint density at radius 3 is 1.98 bits per heavy atom. The van der Waals surface area contributed by atoms with Crippen molar-refractivity contribution in [2.45, 2.75) is 64.3 Å². The SMILES string of the molecule is CC(C)C1=NC(C(C)C)=C(N(C=O)CCCN2CCC(c3ccccc3)(c3ccccc3)CC2)C(c2ccc([N+](=O)[O-])cc2)C1NC=O. The monoisotopic (exact) mass is 649 g/mol. The molecule has 1 saturated heterocycles. The van der Waals surface area contributed by atoms with Gasteiger partial charge in [0.1, 0.15) is 0 Å². The quantitative estimate of drug-likeness (QED) is 0.119. The lowest BCUT2D eigenvalue weighted by Gasteiger charge is -2.43. The molecule has 0 radical (unpaired) electrons. The van der Waals surface area contributed by atoms with Crippen LogP contribution in [0, 0.1) is 22.0 Å². The minimum atomic E-state index is -0.505. The zero-order valence-corrected chi connectivity index (χ0v) is 28.4. The van der Waals surface area contributed by atoms with Gasteiger partial charge in [0, 0.05) is 29.8 Å². The molecule has 2 atom stereocenters. The van der Waals surface area contributed by atoms with Gasteiger partial charge in [-0.05, 0) is 67.4 Å². The summed E-state index contributed by atoms with van der Waals surface area (Å²) in [6.45, 7) is 11.4. The van der Waals surface area contributed by atoms with Crippen LogP contribution < -0.4 is 5.32 Å². The number of aliphatic imine (C=N–C) groups is 1. The van der Waals surface area contributed by atoms with Crippen molar-refractivity contribution in [3.8, 4) is 0 Å². The van der Waals surface area contributed by atoms with Crippen molar-refractivity contribution in [3.05, 3.63) is 123 Å². The molecule has 1 fully saturated rings. The van der Waals surface area contributed by atoms with Crippen LogP contribution in [0.3, 0.4) is 0 Å². The number of allylic oxidation sites excluding steroid dienone is 1. The molecule has 48 heavy (non-hydrogen) atoms. The molecule has 9 heteroatoms. The molecule has 2 aliphatic rings. The number of rotatable bonds is 14. The number of carbonyl (C=O) groups excluding carboxylic acids is 2. The molecule has 2 unspecified atom stereocenters. The van der Waals surface area contributed by atoms with E-state index in [1.54, 1.807) is 17.0 Å². The van der Waals surface area contributed by atoms with Gasteiger partial charge in [-0.1, -0.05) is 100 Å². The second-order valence-corrected chi connectivity index (χ2v) is 13.5. The third-order valence-electron chi connectivity index (χ3n) is 9.98. The number of benzene rings is 3. The molecule has 3 aromatic carbocycles. The smallest absolute Gasteiger partial charge is 0.269 e. The molecule has 2 aliphatic heterocycles. The van der Waals surface area contributed by atoms with E-state index in [0.29, 0.717) is 13.0 Å². The fourth-order valence-corrected chi connectivity index (χ4v) is 7.51. The summed E-state index contributed by atoms with van der Waals surface area (Å²) in [5.74, 6) is -0.415. The summed E-state index contributed by atoms with van der Waals surface area (Å²) >= 11 is 0. The molecule has 0 saturated carbocycles. The first-order chi connectivity index (χ1) is 23.2. The van der Waals surface area contributed by atoms with E-state index < -0.39 is 16.9 Å². The standard InChI is InChI=1S/C39H47N5O4/c1-28(2)35-37(40-26-45)34(30-16-18-33(19-17-30)44(47)48)38(36(41-35)29(3)4)43(27-46)23-11-22-42-24-20-39(21-25-42,31-12-7-5-8-13-31)32-14-9-6-10-15-32/h5-10,12-19,26-29,34,37H,11,20-25H2,1-4H3,(H,40,45). The second kappa shape index (κ2) is 15.5. The predicted octanol–water partition coefficient (Wildman–Crippen LogP) is 6.70. The summed E-state index contributed by atoms with van der Waals surface area (Å²) < 4.78 is 0. The number of amides is 2. The Morgan fingerprint density at radius 1 is 0.917 bits per heavy atom. The molecular formula is C39H47N5O4. The number of nitro benzene ring substituents is 1. The van der Waals surface area contributed by atoms with E-state index in [0.717, 1.165) is 68.0 Å². The lowest BCUT2D eigenvalue weighted by atomic mass is 9.68. The molecule has 0 spiro atoms. The van der Waals surface area contributed by atoms with Crippen LogP contribution in [0.25, 0.3) is 0 Å². The minimum Gasteiger partial charge on any atom is -0.350 e. The second-order valence-electron chi connectivity index (χ2n) is 13.5. The van der Waals surface area contributed by atoms with Crippen molar-refractivity contribution >= 4 is 24.2 Å². The van der Waals surface area contributed by atoms with Crippen molar-refractivity contribution in [1.82, 2.24) is 15.1 Å². The summed E-state index contributed by atoms with van der Waals surface area (Å²) in [5, 5.41) is 14.4. The Kier molecular flexibility index (Phi) is 11.2. The van der Waals surface area contributed by atoms with Crippen molar-refractivity contribution < 1.29 is 14.5 Å². The van der Waals surface area contributed by atoms with E-state index in [2.05, 4.69) is 84.7 Å². The Labute approximate surface area is 283 Å². The van der Waals surface area contributed by atoms with Gasteiger partial charge in [0.2, 0.25) is 12.8 Å². The van der Waals surface area contributed by atoms with E-state index in [1.807, 2.05) is 13.8 Å². The topological polar surface area (TPSA) is 108 Å². The number of piperidine rings is 1. The molecule has 252 valence electrons. The number of nitro groups is 1. The van der Waals surface area contributed by atoms with E-state index in [4.69, 9.17) is 4.99 Å². The average molecular weight is 650 g/mol. The summed E-state index contributed by atoms with van der Waals surface area (Å²) in [6, 6.07) is 27.5. The van der Waals surface area contributed by atoms with Gasteiger partial charge < -0.3 is 15.1 Å². The summed E-state index contributed by atoms with van der Waals surface area (Å²) in [6.07, 6.45) is 4.32. The number of nitrogens with one attached hydrogen (secondary N) is 1. The molecule has 5 rings (SSSR count). The van der Waals surface area contributed by atoms with E-state index in [1.165, 1.54) is 23.3 Å². The van der Waals surface area contributed by atoms with Gasteiger partial charge in [-0.15, -0.1) is 0 Å². The van der Waals surface area contributed by atoms with Gasteiger partial charge in [-0.25, -0.2) is 0 Å². The van der Waals surface area contributed by atoms with Crippen molar-refractivity contribution in [1.29, 1.82) is 0 Å². The van der Waals surface area contributed by atoms with Crippen molar-refractivity contribution in [3.63, 3.8) is 0 Å². The summed E-state index contributed by atoms with van der Waals surface area (Å²) in [5.41, 5.74) is 5.79. The molecule has 0 bridgehead atoms. The van der Waals surface area contributed by atoms with Crippen LogP contribution in [-0.2, 0) is 15.0 Å². The van der Waals surface area contributed by atoms with E-state index in [9.17, 15) is 19.7 Å². The number of non-ortho nitro benzene ring substituents is 1. The Balaban J connectivity index is 1.39. The molecule has 0 aliphatic carbocycles. The first-order valence-electron chi connectivity index (χ1n) is 17.0. The Bertz CT molecular complexity index is 1570. The third kappa shape index (κ3) is 7.26. The first kappa shape index (κ1) is 34.7. The van der Waals surface area contributed by atoms with Crippen LogP contribution in [0.4, 0.5) is 5.69 Å². The van der Waals surface area contributed by atoms with Crippen molar-refractivity contribution in [2.24, 2.45) is 16.8 Å². The molecular weight excluding hydrogens is 602 g/mol. The number of carbonyl (C=O) groups is 2. The number of likely N-dealkylation sites (tertiary alicyclic amines) is 1. The lowest BCUT2D eigenvalue weighted by molar-refractivity contribution is -0.384. The zero-order chi connectivity index (χ0) is 34.3. The lowest BCUT2D eigenvalue weighted by Crippen LogP contribution is -2.49. The van der Waals surface area contributed by atoms with Gasteiger partial charge in [0.15, 0.2) is 0 Å². The average Bonchev–Trinajstić information content (AvgIpc) is 3.11. The van der Waals surface area contributed by atoms with Crippen molar-refractivity contribution in [2.75, 3.05) is 26.2 Å². The number of hydrogen-bond acceptors (Lipinski definition) is 6. The highest BCUT2D eigenvalue weighted by atomic mass is 16.6. The Hall–Kier alpha value is -4.63. The molecule has 2 amide bonds. The minimum absolute atomic E-state index is 0.000111. The fourth-order valence-electron chi connectivity index (χ4n) is 7.51. The number of hydrogen-bond donors (Lipinski definition) is 1. The van der Waals surface area contributed by atoms with E-state index >= 15 is 0 Å². The zero-order valence-electron chi connectivity index (χ0n) is 28.4. The molecule has 2 heterocycles. The highest BCUT2D eigenvalue weighted by Crippen LogP contribution is 2.43. The van der Waals surface area contributed by atoms with Crippen LogP contribution in [0.5, 0.6) is 0 Å². The van der Waals surface area contributed by atoms with Gasteiger partial charge in [0.25, 0.3) is 5.69 Å². The third-order valence-corrected chi connectivity index (χ3v) is 9.98. The largest absolute Gasteiger partial charge is 0.350 e. The maximum atomic E-state index is 12.9. The van der Waals surface area contributed by atoms with Gasteiger partial charge in [-0.3, -0.25) is 24.7 Å².